The summed E-state index contributed by atoms with van der Waals surface area (Å²) >= 11 is 0. The highest BCUT2D eigenvalue weighted by Crippen LogP contribution is 2.27. The Kier molecular flexibility index (Phi) is 6.91. The summed E-state index contributed by atoms with van der Waals surface area (Å²) in [7, 11) is -3.17. The average molecular weight is 306 g/mol. The molecule has 0 spiro atoms. The van der Waals surface area contributed by atoms with Gasteiger partial charge in [-0.1, -0.05) is 6.42 Å². The zero-order chi connectivity index (χ0) is 15.2. The van der Waals surface area contributed by atoms with E-state index in [1.165, 1.54) is 10.6 Å². The van der Waals surface area contributed by atoms with Crippen LogP contribution in [0.15, 0.2) is 0 Å². The highest BCUT2D eigenvalue weighted by molar-refractivity contribution is 7.88. The largest absolute Gasteiger partial charge is 0.481 e. The first-order valence-electron chi connectivity index (χ1n) is 7.22. The minimum atomic E-state index is -3.17. The molecule has 1 rings (SSSR count). The van der Waals surface area contributed by atoms with Crippen molar-refractivity contribution in [3.05, 3.63) is 0 Å². The maximum absolute atomic E-state index is 11.6. The lowest BCUT2D eigenvalue weighted by Gasteiger charge is -2.32. The van der Waals surface area contributed by atoms with Gasteiger partial charge >= 0.3 is 5.97 Å². The molecule has 1 saturated heterocycles. The topological polar surface area (TPSA) is 101 Å². The number of carboxylic acid groups (broad SMARTS) is 1. The summed E-state index contributed by atoms with van der Waals surface area (Å²) < 4.78 is 24.6. The van der Waals surface area contributed by atoms with Crippen molar-refractivity contribution in [2.24, 2.45) is 17.6 Å². The third-order valence-corrected chi connectivity index (χ3v) is 5.19. The minimum absolute atomic E-state index is 0.150. The smallest absolute Gasteiger partial charge is 0.306 e. The molecule has 20 heavy (non-hydrogen) atoms. The van der Waals surface area contributed by atoms with Gasteiger partial charge in [0.05, 0.1) is 12.2 Å². The number of nitrogens with zero attached hydrogens (tertiary/aromatic N) is 1. The molecule has 118 valence electrons. The first-order valence-corrected chi connectivity index (χ1v) is 9.07. The summed E-state index contributed by atoms with van der Waals surface area (Å²) in [5.74, 6) is -1.01. The minimum Gasteiger partial charge on any atom is -0.481 e. The van der Waals surface area contributed by atoms with E-state index < -0.39 is 16.0 Å². The molecule has 1 aliphatic rings. The van der Waals surface area contributed by atoms with E-state index in [4.69, 9.17) is 5.73 Å². The lowest BCUT2D eigenvalue weighted by atomic mass is 9.86. The molecule has 0 aromatic carbocycles. The van der Waals surface area contributed by atoms with Crippen LogP contribution in [0.5, 0.6) is 0 Å². The number of sulfonamides is 1. The van der Waals surface area contributed by atoms with Gasteiger partial charge in [-0.15, -0.1) is 0 Å². The predicted molar refractivity (Wildman–Crippen MR) is 77.8 cm³/mol. The van der Waals surface area contributed by atoms with Crippen molar-refractivity contribution in [3.8, 4) is 0 Å². The molecule has 0 bridgehead atoms. The van der Waals surface area contributed by atoms with Crippen LogP contribution < -0.4 is 5.73 Å². The summed E-state index contributed by atoms with van der Waals surface area (Å²) in [6.45, 7) is 1.59. The van der Waals surface area contributed by atoms with Crippen molar-refractivity contribution in [2.45, 2.75) is 38.5 Å². The fourth-order valence-electron chi connectivity index (χ4n) is 2.80. The zero-order valence-corrected chi connectivity index (χ0v) is 12.9. The van der Waals surface area contributed by atoms with Crippen molar-refractivity contribution < 1.29 is 18.3 Å². The molecule has 0 aromatic rings. The summed E-state index contributed by atoms with van der Waals surface area (Å²) in [6, 6.07) is 0. The van der Waals surface area contributed by atoms with Gasteiger partial charge in [-0.3, -0.25) is 4.79 Å². The van der Waals surface area contributed by atoms with E-state index >= 15 is 0 Å². The number of hydrogen-bond acceptors (Lipinski definition) is 4. The third-order valence-electron chi connectivity index (χ3n) is 3.92. The van der Waals surface area contributed by atoms with Crippen LogP contribution in [-0.4, -0.2) is 49.7 Å². The molecule has 0 aromatic heterocycles. The number of piperidine rings is 1. The van der Waals surface area contributed by atoms with E-state index in [-0.39, 0.29) is 11.8 Å². The highest BCUT2D eigenvalue weighted by Gasteiger charge is 2.29. The Morgan fingerprint density at radius 2 is 2.15 bits per heavy atom. The number of aliphatic carboxylic acids is 1. The van der Waals surface area contributed by atoms with Gasteiger partial charge in [-0.2, -0.15) is 0 Å². The molecule has 1 fully saturated rings. The van der Waals surface area contributed by atoms with Crippen molar-refractivity contribution in [1.82, 2.24) is 4.31 Å². The fraction of sp³-hybridized carbons (Fsp3) is 0.923. The van der Waals surface area contributed by atoms with Crippen LogP contribution in [0.25, 0.3) is 0 Å². The first-order chi connectivity index (χ1) is 9.34. The molecule has 0 aliphatic carbocycles. The second kappa shape index (κ2) is 7.95. The number of nitrogens with two attached hydrogens (primary N) is 1. The Hall–Kier alpha value is -0.660. The Morgan fingerprint density at radius 3 is 2.70 bits per heavy atom. The van der Waals surface area contributed by atoms with Crippen LogP contribution in [0, 0.1) is 11.8 Å². The molecule has 0 amide bonds. The molecule has 1 heterocycles. The third kappa shape index (κ3) is 5.76. The number of carboxylic acids is 1. The molecule has 1 aliphatic heterocycles. The van der Waals surface area contributed by atoms with Gasteiger partial charge in [0.1, 0.15) is 0 Å². The van der Waals surface area contributed by atoms with Gasteiger partial charge in [-0.05, 0) is 44.6 Å². The summed E-state index contributed by atoms with van der Waals surface area (Å²) in [4.78, 5) is 11.3. The van der Waals surface area contributed by atoms with E-state index in [2.05, 4.69) is 0 Å². The van der Waals surface area contributed by atoms with Crippen molar-refractivity contribution in [1.29, 1.82) is 0 Å². The monoisotopic (exact) mass is 306 g/mol. The summed E-state index contributed by atoms with van der Waals surface area (Å²) in [5.41, 5.74) is 5.42. The van der Waals surface area contributed by atoms with Crippen LogP contribution in [0.3, 0.4) is 0 Å². The normalized spacial score (nSPS) is 22.6. The molecule has 6 nitrogen and oxygen atoms in total. The van der Waals surface area contributed by atoms with Crippen molar-refractivity contribution in [2.75, 3.05) is 25.9 Å². The Morgan fingerprint density at radius 1 is 1.45 bits per heavy atom. The molecule has 2 atom stereocenters. The lowest BCUT2D eigenvalue weighted by molar-refractivity contribution is -0.142. The number of unbranched alkanes of at least 4 members (excludes halogenated alkanes) is 1. The van der Waals surface area contributed by atoms with Gasteiger partial charge in [0.2, 0.25) is 10.0 Å². The molecule has 7 heteroatoms. The average Bonchev–Trinajstić information content (AvgIpc) is 2.37. The maximum atomic E-state index is 11.6. The summed E-state index contributed by atoms with van der Waals surface area (Å²) in [6.07, 6.45) is 5.78. The lowest BCUT2D eigenvalue weighted by Crippen LogP contribution is -2.40. The summed E-state index contributed by atoms with van der Waals surface area (Å²) in [5, 5.41) is 9.27. The quantitative estimate of drug-likeness (QED) is 0.648. The standard InChI is InChI=1S/C13H26N2O4S/c1-20(18,19)15-8-4-5-11(10-15)9-12(13(16)17)6-2-3-7-14/h11-12H,2-10,14H2,1H3,(H,16,17). The van der Waals surface area contributed by atoms with E-state index in [9.17, 15) is 18.3 Å². The molecule has 2 unspecified atom stereocenters. The number of carbonyl (C=O) groups is 1. The van der Waals surface area contributed by atoms with E-state index in [0.29, 0.717) is 32.5 Å². The second-order valence-electron chi connectivity index (χ2n) is 5.68. The highest BCUT2D eigenvalue weighted by atomic mass is 32.2. The molecule has 0 saturated carbocycles. The SMILES string of the molecule is CS(=O)(=O)N1CCCC(CC(CCCCN)C(=O)O)C1. The van der Waals surface area contributed by atoms with Crippen molar-refractivity contribution in [3.63, 3.8) is 0 Å². The predicted octanol–water partition coefficient (Wildman–Crippen LogP) is 0.878. The molecule has 0 radical (unpaired) electrons. The fourth-order valence-corrected chi connectivity index (χ4v) is 3.74. The molecular formula is C13H26N2O4S. The van der Waals surface area contributed by atoms with Crippen LogP contribution in [0.1, 0.15) is 38.5 Å². The van der Waals surface area contributed by atoms with Gasteiger partial charge in [-0.25, -0.2) is 12.7 Å². The van der Waals surface area contributed by atoms with Gasteiger partial charge in [0.25, 0.3) is 0 Å². The van der Waals surface area contributed by atoms with Crippen LogP contribution in [0.4, 0.5) is 0 Å². The number of hydrogen-bond donors (Lipinski definition) is 2. The zero-order valence-electron chi connectivity index (χ0n) is 12.1. The van der Waals surface area contributed by atoms with Crippen LogP contribution >= 0.6 is 0 Å². The maximum Gasteiger partial charge on any atom is 0.306 e. The van der Waals surface area contributed by atoms with Gasteiger partial charge < -0.3 is 10.8 Å². The van der Waals surface area contributed by atoms with E-state index in [0.717, 1.165) is 25.7 Å². The van der Waals surface area contributed by atoms with Crippen LogP contribution in [-0.2, 0) is 14.8 Å². The molecule has 3 N–H and O–H groups in total. The Balaban J connectivity index is 2.53. The van der Waals surface area contributed by atoms with Crippen LogP contribution in [0.2, 0.25) is 0 Å². The second-order valence-corrected chi connectivity index (χ2v) is 7.67. The van der Waals surface area contributed by atoms with Gasteiger partial charge in [0, 0.05) is 13.1 Å². The van der Waals surface area contributed by atoms with Crippen molar-refractivity contribution >= 4 is 16.0 Å². The number of rotatable bonds is 8. The Bertz CT molecular complexity index is 411. The van der Waals surface area contributed by atoms with E-state index in [1.807, 2.05) is 0 Å². The Labute approximate surface area is 121 Å². The molecular weight excluding hydrogens is 280 g/mol. The van der Waals surface area contributed by atoms with Gasteiger partial charge in [0.15, 0.2) is 0 Å². The van der Waals surface area contributed by atoms with E-state index in [1.54, 1.807) is 0 Å². The first kappa shape index (κ1) is 17.4.